The maximum absolute atomic E-state index is 5.40. The summed E-state index contributed by atoms with van der Waals surface area (Å²) in [4.78, 5) is 6.63. The molecule has 2 N–H and O–H groups in total. The van der Waals surface area contributed by atoms with E-state index >= 15 is 0 Å². The second-order valence-electron chi connectivity index (χ2n) is 6.32. The molecule has 0 radical (unpaired) electrons. The van der Waals surface area contributed by atoms with Gasteiger partial charge in [-0.2, -0.15) is 0 Å². The van der Waals surface area contributed by atoms with Gasteiger partial charge in [0.1, 0.15) is 0 Å². The van der Waals surface area contributed by atoms with Gasteiger partial charge in [0, 0.05) is 26.2 Å². The highest BCUT2D eigenvalue weighted by Gasteiger charge is 2.13. The molecule has 0 fully saturated rings. The van der Waals surface area contributed by atoms with Crippen LogP contribution in [0.1, 0.15) is 32.3 Å². The molecule has 0 atom stereocenters. The van der Waals surface area contributed by atoms with E-state index in [0.29, 0.717) is 19.4 Å². The molecule has 24 heavy (non-hydrogen) atoms. The number of benzene rings is 1. The maximum atomic E-state index is 5.40. The van der Waals surface area contributed by atoms with Gasteiger partial charge in [-0.15, -0.1) is 0 Å². The van der Waals surface area contributed by atoms with Crippen molar-refractivity contribution in [2.45, 2.75) is 39.3 Å². The topological polar surface area (TPSA) is 58.1 Å². The molecule has 0 bridgehead atoms. The SMILES string of the molecule is CN=C(NCCCCN(C)C(C)C)NCc1ccc2c(c1)OCO2. The van der Waals surface area contributed by atoms with Gasteiger partial charge in [-0.1, -0.05) is 6.07 Å². The van der Waals surface area contributed by atoms with Gasteiger partial charge in [0.15, 0.2) is 17.5 Å². The van der Waals surface area contributed by atoms with Gasteiger partial charge in [0.2, 0.25) is 6.79 Å². The first-order valence-corrected chi connectivity index (χ1v) is 8.63. The molecule has 1 aromatic carbocycles. The van der Waals surface area contributed by atoms with Gasteiger partial charge < -0.3 is 25.0 Å². The van der Waals surface area contributed by atoms with E-state index < -0.39 is 0 Å². The fourth-order valence-corrected chi connectivity index (χ4v) is 2.41. The van der Waals surface area contributed by atoms with Crippen LogP contribution in [0.5, 0.6) is 11.5 Å². The Morgan fingerprint density at radius 1 is 1.21 bits per heavy atom. The van der Waals surface area contributed by atoms with E-state index in [-0.39, 0.29) is 0 Å². The second-order valence-corrected chi connectivity index (χ2v) is 6.32. The molecule has 6 heteroatoms. The van der Waals surface area contributed by atoms with E-state index in [1.165, 1.54) is 6.42 Å². The highest BCUT2D eigenvalue weighted by atomic mass is 16.7. The summed E-state index contributed by atoms with van der Waals surface area (Å²) in [6.07, 6.45) is 2.31. The molecule has 0 saturated heterocycles. The van der Waals surface area contributed by atoms with Crippen molar-refractivity contribution in [3.63, 3.8) is 0 Å². The quantitative estimate of drug-likeness (QED) is 0.434. The number of hydrogen-bond acceptors (Lipinski definition) is 4. The molecule has 2 rings (SSSR count). The third-order valence-corrected chi connectivity index (χ3v) is 4.23. The first-order valence-electron chi connectivity index (χ1n) is 8.63. The van der Waals surface area contributed by atoms with Gasteiger partial charge in [-0.25, -0.2) is 0 Å². The fourth-order valence-electron chi connectivity index (χ4n) is 2.41. The Morgan fingerprint density at radius 3 is 2.75 bits per heavy atom. The Balaban J connectivity index is 1.66. The van der Waals surface area contributed by atoms with Crippen molar-refractivity contribution in [1.29, 1.82) is 0 Å². The lowest BCUT2D eigenvalue weighted by Gasteiger charge is -2.20. The lowest BCUT2D eigenvalue weighted by molar-refractivity contribution is 0.174. The standard InChI is InChI=1S/C18H30N4O2/c1-14(2)22(4)10-6-5-9-20-18(19-3)21-12-15-7-8-16-17(11-15)24-13-23-16/h7-8,11,14H,5-6,9-10,12-13H2,1-4H3,(H2,19,20,21). The minimum Gasteiger partial charge on any atom is -0.454 e. The predicted molar refractivity (Wildman–Crippen MR) is 97.8 cm³/mol. The van der Waals surface area contributed by atoms with E-state index in [4.69, 9.17) is 9.47 Å². The van der Waals surface area contributed by atoms with Crippen LogP contribution in [0.4, 0.5) is 0 Å². The van der Waals surface area contributed by atoms with Crippen molar-refractivity contribution in [3.05, 3.63) is 23.8 Å². The highest BCUT2D eigenvalue weighted by Crippen LogP contribution is 2.32. The molecule has 0 saturated carbocycles. The third kappa shape index (κ3) is 5.60. The summed E-state index contributed by atoms with van der Waals surface area (Å²) in [6, 6.07) is 6.59. The Bertz CT molecular complexity index is 546. The zero-order chi connectivity index (χ0) is 17.4. The molecule has 1 heterocycles. The van der Waals surface area contributed by atoms with Crippen molar-refractivity contribution >= 4 is 5.96 Å². The monoisotopic (exact) mass is 334 g/mol. The fraction of sp³-hybridized carbons (Fsp3) is 0.611. The van der Waals surface area contributed by atoms with Gasteiger partial charge >= 0.3 is 0 Å². The molecule has 0 unspecified atom stereocenters. The normalized spacial score (nSPS) is 13.7. The minimum absolute atomic E-state index is 0.307. The van der Waals surface area contributed by atoms with E-state index in [1.807, 2.05) is 18.2 Å². The third-order valence-electron chi connectivity index (χ3n) is 4.23. The minimum atomic E-state index is 0.307. The molecule has 0 aliphatic carbocycles. The summed E-state index contributed by atoms with van der Waals surface area (Å²) >= 11 is 0. The van der Waals surface area contributed by atoms with Crippen LogP contribution in [-0.4, -0.2) is 50.9 Å². The smallest absolute Gasteiger partial charge is 0.231 e. The van der Waals surface area contributed by atoms with Crippen LogP contribution in [0.15, 0.2) is 23.2 Å². The Labute approximate surface area is 145 Å². The van der Waals surface area contributed by atoms with Gasteiger partial charge in [-0.3, -0.25) is 4.99 Å². The molecular formula is C18H30N4O2. The van der Waals surface area contributed by atoms with Crippen LogP contribution < -0.4 is 20.1 Å². The molecule has 134 valence electrons. The van der Waals surface area contributed by atoms with E-state index in [9.17, 15) is 0 Å². The van der Waals surface area contributed by atoms with Crippen molar-refractivity contribution in [2.24, 2.45) is 4.99 Å². The lowest BCUT2D eigenvalue weighted by Crippen LogP contribution is -2.37. The number of ether oxygens (including phenoxy) is 2. The molecular weight excluding hydrogens is 304 g/mol. The molecule has 1 aliphatic rings. The van der Waals surface area contributed by atoms with Crippen LogP contribution in [-0.2, 0) is 6.54 Å². The van der Waals surface area contributed by atoms with E-state index in [0.717, 1.165) is 42.5 Å². The van der Waals surface area contributed by atoms with Crippen LogP contribution >= 0.6 is 0 Å². The number of nitrogens with zero attached hydrogens (tertiary/aromatic N) is 2. The summed E-state index contributed by atoms with van der Waals surface area (Å²) in [5.41, 5.74) is 1.14. The van der Waals surface area contributed by atoms with Crippen LogP contribution in [0.2, 0.25) is 0 Å². The van der Waals surface area contributed by atoms with Gasteiger partial charge in [-0.05, 0) is 58.0 Å². The maximum Gasteiger partial charge on any atom is 0.231 e. The Kier molecular flexibility index (Phi) is 7.18. The predicted octanol–water partition coefficient (Wildman–Crippen LogP) is 2.20. The first kappa shape index (κ1) is 18.4. The number of unbranched alkanes of at least 4 members (excludes halogenated alkanes) is 1. The zero-order valence-electron chi connectivity index (χ0n) is 15.3. The second kappa shape index (κ2) is 9.37. The van der Waals surface area contributed by atoms with Crippen LogP contribution in [0.25, 0.3) is 0 Å². The number of hydrogen-bond donors (Lipinski definition) is 2. The van der Waals surface area contributed by atoms with Crippen LogP contribution in [0, 0.1) is 0 Å². The Hall–Kier alpha value is -1.95. The summed E-state index contributed by atoms with van der Waals surface area (Å²) in [5, 5.41) is 6.69. The number of aliphatic imine (C=N–C) groups is 1. The highest BCUT2D eigenvalue weighted by molar-refractivity contribution is 5.79. The van der Waals surface area contributed by atoms with E-state index in [1.54, 1.807) is 7.05 Å². The summed E-state index contributed by atoms with van der Waals surface area (Å²) < 4.78 is 10.7. The van der Waals surface area contributed by atoms with Crippen molar-refractivity contribution in [1.82, 2.24) is 15.5 Å². The van der Waals surface area contributed by atoms with Crippen molar-refractivity contribution in [3.8, 4) is 11.5 Å². The largest absolute Gasteiger partial charge is 0.454 e. The van der Waals surface area contributed by atoms with Gasteiger partial charge in [0.05, 0.1) is 0 Å². The average Bonchev–Trinajstić information content (AvgIpc) is 3.04. The average molecular weight is 334 g/mol. The first-order chi connectivity index (χ1) is 11.6. The number of nitrogens with one attached hydrogen (secondary N) is 2. The molecule has 0 spiro atoms. The summed E-state index contributed by atoms with van der Waals surface area (Å²) in [6.45, 7) is 7.50. The van der Waals surface area contributed by atoms with E-state index in [2.05, 4.69) is 41.4 Å². The number of guanidine groups is 1. The zero-order valence-corrected chi connectivity index (χ0v) is 15.3. The summed E-state index contributed by atoms with van der Waals surface area (Å²) in [5.74, 6) is 2.45. The molecule has 6 nitrogen and oxygen atoms in total. The van der Waals surface area contributed by atoms with Crippen LogP contribution in [0.3, 0.4) is 0 Å². The number of fused-ring (bicyclic) bond motifs is 1. The number of rotatable bonds is 8. The van der Waals surface area contributed by atoms with Gasteiger partial charge in [0.25, 0.3) is 0 Å². The molecule has 1 aromatic rings. The molecule has 0 aromatic heterocycles. The Morgan fingerprint density at radius 2 is 2.00 bits per heavy atom. The molecule has 1 aliphatic heterocycles. The van der Waals surface area contributed by atoms with Crippen molar-refractivity contribution < 1.29 is 9.47 Å². The summed E-state index contributed by atoms with van der Waals surface area (Å²) in [7, 11) is 3.96. The lowest BCUT2D eigenvalue weighted by atomic mass is 10.2. The molecule has 0 amide bonds. The van der Waals surface area contributed by atoms with Crippen molar-refractivity contribution in [2.75, 3.05) is 34.0 Å².